The molecule has 4 heterocycles. The van der Waals surface area contributed by atoms with Gasteiger partial charge in [-0.25, -0.2) is 23.0 Å². The highest BCUT2D eigenvalue weighted by Gasteiger charge is 2.33. The number of hydrogen-bond acceptors (Lipinski definition) is 11. The van der Waals surface area contributed by atoms with Crippen LogP contribution in [0.4, 0.5) is 5.95 Å². The van der Waals surface area contributed by atoms with Crippen LogP contribution in [0.3, 0.4) is 0 Å². The smallest absolute Gasteiger partial charge is 0.245 e. The Labute approximate surface area is 208 Å². The molecule has 0 bridgehead atoms. The van der Waals surface area contributed by atoms with E-state index in [1.54, 1.807) is 50.6 Å². The number of anilines is 1. The standard InChI is InChI=1S/C22H25N9O4S/c1-13-10-24-18(25-11-13)14(2)15(3)36(32,33)30-22-29-28-19(16-8-6-7-9-23-16)31(22)17-20(34-4)26-12-27-21(17)35-5/h6-12,14-15H,1-5H3,(H,29,30). The lowest BCUT2D eigenvalue weighted by molar-refractivity contribution is 0.368. The van der Waals surface area contributed by atoms with Crippen molar-refractivity contribution in [2.24, 2.45) is 0 Å². The van der Waals surface area contributed by atoms with Crippen molar-refractivity contribution in [2.45, 2.75) is 31.9 Å². The van der Waals surface area contributed by atoms with Crippen molar-refractivity contribution in [1.29, 1.82) is 0 Å². The second-order valence-electron chi connectivity index (χ2n) is 7.90. The number of nitrogens with one attached hydrogen (secondary N) is 1. The minimum Gasteiger partial charge on any atom is -0.479 e. The molecule has 2 unspecified atom stereocenters. The van der Waals surface area contributed by atoms with Gasteiger partial charge in [0, 0.05) is 24.5 Å². The SMILES string of the molecule is COc1ncnc(OC)c1-n1c(NS(=O)(=O)C(C)C(C)c2ncc(C)cn2)nnc1-c1ccccn1. The highest BCUT2D eigenvalue weighted by atomic mass is 32.2. The Morgan fingerprint density at radius 3 is 2.19 bits per heavy atom. The third kappa shape index (κ3) is 4.79. The minimum absolute atomic E-state index is 0.119. The largest absolute Gasteiger partial charge is 0.479 e. The van der Waals surface area contributed by atoms with Gasteiger partial charge in [0.05, 0.1) is 19.5 Å². The fourth-order valence-corrected chi connectivity index (χ4v) is 4.63. The monoisotopic (exact) mass is 511 g/mol. The van der Waals surface area contributed by atoms with Crippen LogP contribution in [0.2, 0.25) is 0 Å². The van der Waals surface area contributed by atoms with E-state index in [0.717, 1.165) is 5.56 Å². The lowest BCUT2D eigenvalue weighted by atomic mass is 10.1. The van der Waals surface area contributed by atoms with Crippen LogP contribution in [0.15, 0.2) is 43.1 Å². The maximum absolute atomic E-state index is 13.5. The van der Waals surface area contributed by atoms with E-state index in [1.165, 1.54) is 25.1 Å². The van der Waals surface area contributed by atoms with Gasteiger partial charge in [-0.15, -0.1) is 10.2 Å². The molecule has 2 atom stereocenters. The first-order valence-corrected chi connectivity index (χ1v) is 12.4. The van der Waals surface area contributed by atoms with Crippen LogP contribution < -0.4 is 14.2 Å². The van der Waals surface area contributed by atoms with Gasteiger partial charge in [-0.2, -0.15) is 9.97 Å². The molecule has 4 aromatic rings. The molecule has 1 N–H and O–H groups in total. The Bertz CT molecular complexity index is 1420. The van der Waals surface area contributed by atoms with E-state index in [2.05, 4.69) is 39.8 Å². The average Bonchev–Trinajstić information content (AvgIpc) is 3.30. The van der Waals surface area contributed by atoms with Gasteiger partial charge in [0.25, 0.3) is 0 Å². The first kappa shape index (κ1) is 24.9. The summed E-state index contributed by atoms with van der Waals surface area (Å²) in [5.41, 5.74) is 1.51. The van der Waals surface area contributed by atoms with Crippen molar-refractivity contribution in [3.05, 3.63) is 54.5 Å². The van der Waals surface area contributed by atoms with Crippen LogP contribution in [-0.4, -0.2) is 67.6 Å². The number of nitrogens with zero attached hydrogens (tertiary/aromatic N) is 8. The van der Waals surface area contributed by atoms with Gasteiger partial charge in [-0.3, -0.25) is 9.71 Å². The Balaban J connectivity index is 1.81. The molecule has 4 rings (SSSR count). The molecule has 4 aromatic heterocycles. The summed E-state index contributed by atoms with van der Waals surface area (Å²) in [4.78, 5) is 21.2. The van der Waals surface area contributed by atoms with Crippen LogP contribution in [0.25, 0.3) is 17.2 Å². The average molecular weight is 512 g/mol. The normalized spacial score (nSPS) is 13.1. The molecule has 0 radical (unpaired) electrons. The summed E-state index contributed by atoms with van der Waals surface area (Å²) in [6, 6.07) is 5.23. The van der Waals surface area contributed by atoms with Crippen molar-refractivity contribution in [2.75, 3.05) is 18.9 Å². The molecule has 188 valence electrons. The number of aryl methyl sites for hydroxylation is 1. The Hall–Kier alpha value is -4.20. The molecule has 0 spiro atoms. The number of rotatable bonds is 9. The molecule has 0 aromatic carbocycles. The summed E-state index contributed by atoms with van der Waals surface area (Å²) < 4.78 is 41.7. The van der Waals surface area contributed by atoms with E-state index in [9.17, 15) is 8.42 Å². The second kappa shape index (κ2) is 10.2. The molecule has 14 heteroatoms. The van der Waals surface area contributed by atoms with Crippen molar-refractivity contribution >= 4 is 16.0 Å². The lowest BCUT2D eigenvalue weighted by Crippen LogP contribution is -2.31. The molecule has 0 fully saturated rings. The van der Waals surface area contributed by atoms with Gasteiger partial charge >= 0.3 is 0 Å². The van der Waals surface area contributed by atoms with Crippen LogP contribution in [-0.2, 0) is 10.0 Å². The topological polar surface area (TPSA) is 160 Å². The molecule has 13 nitrogen and oxygen atoms in total. The van der Waals surface area contributed by atoms with Gasteiger partial charge in [-0.1, -0.05) is 13.0 Å². The summed E-state index contributed by atoms with van der Waals surface area (Å²) in [7, 11) is -1.16. The minimum atomic E-state index is -4.01. The number of hydrogen-bond donors (Lipinski definition) is 1. The Morgan fingerprint density at radius 1 is 0.944 bits per heavy atom. The van der Waals surface area contributed by atoms with E-state index < -0.39 is 21.2 Å². The van der Waals surface area contributed by atoms with Gasteiger partial charge in [0.15, 0.2) is 11.5 Å². The molecule has 0 aliphatic heterocycles. The Morgan fingerprint density at radius 2 is 1.61 bits per heavy atom. The van der Waals surface area contributed by atoms with Gasteiger partial charge in [0.1, 0.15) is 17.8 Å². The molecular weight excluding hydrogens is 486 g/mol. The molecule has 0 aliphatic carbocycles. The first-order chi connectivity index (χ1) is 17.3. The molecule has 0 aliphatic rings. The second-order valence-corrected chi connectivity index (χ2v) is 9.94. The zero-order chi connectivity index (χ0) is 25.9. The quantitative estimate of drug-likeness (QED) is 0.351. The summed E-state index contributed by atoms with van der Waals surface area (Å²) in [5, 5.41) is 7.40. The van der Waals surface area contributed by atoms with E-state index >= 15 is 0 Å². The maximum Gasteiger partial charge on any atom is 0.245 e. The predicted octanol–water partition coefficient (Wildman–Crippen LogP) is 2.17. The summed E-state index contributed by atoms with van der Waals surface area (Å²) in [6.45, 7) is 5.18. The first-order valence-electron chi connectivity index (χ1n) is 10.9. The number of methoxy groups -OCH3 is 2. The van der Waals surface area contributed by atoms with Crippen molar-refractivity contribution in [1.82, 2.24) is 39.7 Å². The van der Waals surface area contributed by atoms with Crippen LogP contribution in [0.5, 0.6) is 11.8 Å². The summed E-state index contributed by atoms with van der Waals surface area (Å²) in [5.74, 6) is 0.239. The van der Waals surface area contributed by atoms with Crippen LogP contribution in [0, 0.1) is 6.92 Å². The predicted molar refractivity (Wildman–Crippen MR) is 130 cm³/mol. The highest BCUT2D eigenvalue weighted by Crippen LogP contribution is 2.35. The van der Waals surface area contributed by atoms with Gasteiger partial charge in [0.2, 0.25) is 27.7 Å². The number of aromatic nitrogens is 8. The third-order valence-corrected chi connectivity index (χ3v) is 7.41. The molecule has 0 saturated carbocycles. The van der Waals surface area contributed by atoms with Gasteiger partial charge in [-0.05, 0) is 31.5 Å². The third-order valence-electron chi connectivity index (χ3n) is 5.56. The zero-order valence-corrected chi connectivity index (χ0v) is 21.1. The number of ether oxygens (including phenoxy) is 2. The number of pyridine rings is 1. The molecule has 36 heavy (non-hydrogen) atoms. The molecule has 0 saturated heterocycles. The molecule has 0 amide bonds. The van der Waals surface area contributed by atoms with E-state index in [4.69, 9.17) is 9.47 Å². The highest BCUT2D eigenvalue weighted by molar-refractivity contribution is 7.93. The fraction of sp³-hybridized carbons (Fsp3) is 0.318. The van der Waals surface area contributed by atoms with Crippen molar-refractivity contribution < 1.29 is 17.9 Å². The maximum atomic E-state index is 13.5. The van der Waals surface area contributed by atoms with Crippen LogP contribution in [0.1, 0.15) is 31.2 Å². The van der Waals surface area contributed by atoms with Gasteiger partial charge < -0.3 is 9.47 Å². The summed E-state index contributed by atoms with van der Waals surface area (Å²) in [6.07, 6.45) is 6.14. The van der Waals surface area contributed by atoms with E-state index in [0.29, 0.717) is 11.5 Å². The lowest BCUT2D eigenvalue weighted by Gasteiger charge is -2.21. The van der Waals surface area contributed by atoms with E-state index in [-0.39, 0.29) is 29.2 Å². The molecular formula is C22H25N9O4S. The zero-order valence-electron chi connectivity index (χ0n) is 20.3. The fourth-order valence-electron chi connectivity index (χ4n) is 3.40. The van der Waals surface area contributed by atoms with Crippen LogP contribution >= 0.6 is 0 Å². The van der Waals surface area contributed by atoms with E-state index in [1.807, 2.05) is 6.92 Å². The van der Waals surface area contributed by atoms with Crippen molar-refractivity contribution in [3.63, 3.8) is 0 Å². The van der Waals surface area contributed by atoms with Crippen molar-refractivity contribution in [3.8, 4) is 29.0 Å². The number of sulfonamides is 1. The Kier molecular flexibility index (Phi) is 7.05. The summed E-state index contributed by atoms with van der Waals surface area (Å²) >= 11 is 0.